The second kappa shape index (κ2) is 8.65. The molecule has 0 unspecified atom stereocenters. The van der Waals surface area contributed by atoms with E-state index in [1.54, 1.807) is 31.5 Å². The maximum atomic E-state index is 12.5. The molecular formula is C23H24N4O2. The predicted octanol–water partition coefficient (Wildman–Crippen LogP) is 4.69. The fourth-order valence-electron chi connectivity index (χ4n) is 3.43. The minimum atomic E-state index is -0.281. The van der Waals surface area contributed by atoms with Crippen LogP contribution >= 0.6 is 0 Å². The van der Waals surface area contributed by atoms with Gasteiger partial charge in [-0.15, -0.1) is 0 Å². The number of hydrogen-bond acceptors (Lipinski definition) is 5. The van der Waals surface area contributed by atoms with Gasteiger partial charge in [0.2, 0.25) is 0 Å². The lowest BCUT2D eigenvalue weighted by atomic mass is 10.2. The van der Waals surface area contributed by atoms with E-state index in [2.05, 4.69) is 44.8 Å². The lowest BCUT2D eigenvalue weighted by Crippen LogP contribution is -2.17. The van der Waals surface area contributed by atoms with Crippen molar-refractivity contribution in [2.75, 3.05) is 35.7 Å². The van der Waals surface area contributed by atoms with Crippen LogP contribution in [0, 0.1) is 0 Å². The van der Waals surface area contributed by atoms with Crippen LogP contribution in [0.3, 0.4) is 0 Å². The zero-order chi connectivity index (χ0) is 20.1. The molecule has 2 N–H and O–H groups in total. The topological polar surface area (TPSA) is 66.5 Å². The summed E-state index contributed by atoms with van der Waals surface area (Å²) >= 11 is 0. The summed E-state index contributed by atoms with van der Waals surface area (Å²) in [5, 5.41) is 6.15. The maximum Gasteiger partial charge on any atom is 0.274 e. The SMILES string of the molecule is COc1ccccc1NC(=O)c1ccc(Nc2ccc(N3CCCC3)cc2)cn1. The number of nitrogens with zero attached hydrogens (tertiary/aromatic N) is 2. The lowest BCUT2D eigenvalue weighted by Gasteiger charge is -2.18. The van der Waals surface area contributed by atoms with Gasteiger partial charge in [0, 0.05) is 24.5 Å². The van der Waals surface area contributed by atoms with Crippen LogP contribution in [0.25, 0.3) is 0 Å². The van der Waals surface area contributed by atoms with Crippen molar-refractivity contribution in [3.8, 4) is 5.75 Å². The Kier molecular flexibility index (Phi) is 5.61. The van der Waals surface area contributed by atoms with Gasteiger partial charge in [0.15, 0.2) is 0 Å². The first-order valence-corrected chi connectivity index (χ1v) is 9.75. The monoisotopic (exact) mass is 388 g/mol. The Labute approximate surface area is 170 Å². The Morgan fingerprint density at radius 3 is 2.38 bits per heavy atom. The summed E-state index contributed by atoms with van der Waals surface area (Å²) < 4.78 is 5.26. The van der Waals surface area contributed by atoms with Crippen LogP contribution in [0.15, 0.2) is 66.9 Å². The van der Waals surface area contributed by atoms with Gasteiger partial charge in [-0.05, 0) is 61.4 Å². The molecule has 0 aliphatic carbocycles. The van der Waals surface area contributed by atoms with Crippen molar-refractivity contribution in [1.82, 2.24) is 4.98 Å². The second-order valence-electron chi connectivity index (χ2n) is 6.95. The summed E-state index contributed by atoms with van der Waals surface area (Å²) in [6.45, 7) is 2.27. The fourth-order valence-corrected chi connectivity index (χ4v) is 3.43. The summed E-state index contributed by atoms with van der Waals surface area (Å²) in [4.78, 5) is 19.1. The third-order valence-electron chi connectivity index (χ3n) is 4.98. The van der Waals surface area contributed by atoms with Crippen molar-refractivity contribution >= 4 is 28.7 Å². The molecule has 2 heterocycles. The van der Waals surface area contributed by atoms with E-state index in [1.807, 2.05) is 18.2 Å². The van der Waals surface area contributed by atoms with Gasteiger partial charge in [0.1, 0.15) is 11.4 Å². The number of amides is 1. The number of carbonyl (C=O) groups is 1. The summed E-state index contributed by atoms with van der Waals surface area (Å²) in [6.07, 6.45) is 4.19. The number of pyridine rings is 1. The van der Waals surface area contributed by atoms with Crippen LogP contribution < -0.4 is 20.3 Å². The standard InChI is InChI=1S/C23H24N4O2/c1-29-22-7-3-2-6-20(22)26-23(28)21-13-10-18(16-24-21)25-17-8-11-19(12-9-17)27-14-4-5-15-27/h2-3,6-13,16,25H,4-5,14-15H2,1H3,(H,26,28). The van der Waals surface area contributed by atoms with Crippen molar-refractivity contribution in [2.24, 2.45) is 0 Å². The van der Waals surface area contributed by atoms with Gasteiger partial charge in [-0.3, -0.25) is 4.79 Å². The molecule has 148 valence electrons. The third-order valence-corrected chi connectivity index (χ3v) is 4.98. The van der Waals surface area contributed by atoms with Gasteiger partial charge in [0.25, 0.3) is 5.91 Å². The minimum Gasteiger partial charge on any atom is -0.495 e. The number of hydrogen-bond donors (Lipinski definition) is 2. The van der Waals surface area contributed by atoms with E-state index in [9.17, 15) is 4.79 Å². The first-order valence-electron chi connectivity index (χ1n) is 9.75. The highest BCUT2D eigenvalue weighted by atomic mass is 16.5. The highest BCUT2D eigenvalue weighted by Gasteiger charge is 2.12. The first kappa shape index (κ1) is 18.8. The first-order chi connectivity index (χ1) is 14.2. The van der Waals surface area contributed by atoms with Crippen LogP contribution in [0.1, 0.15) is 23.3 Å². The molecule has 1 aliphatic rings. The molecule has 1 fully saturated rings. The smallest absolute Gasteiger partial charge is 0.274 e. The molecule has 0 saturated carbocycles. The van der Waals surface area contributed by atoms with E-state index in [4.69, 9.17) is 4.74 Å². The molecule has 6 nitrogen and oxygen atoms in total. The van der Waals surface area contributed by atoms with Crippen LogP contribution in [0.5, 0.6) is 5.75 Å². The Bertz CT molecular complexity index is 965. The highest BCUT2D eigenvalue weighted by Crippen LogP contribution is 2.25. The van der Waals surface area contributed by atoms with E-state index in [0.717, 1.165) is 24.5 Å². The Balaban J connectivity index is 1.39. The average Bonchev–Trinajstić information content (AvgIpc) is 3.30. The Morgan fingerprint density at radius 1 is 0.966 bits per heavy atom. The molecule has 4 rings (SSSR count). The maximum absolute atomic E-state index is 12.5. The molecule has 1 aromatic heterocycles. The molecule has 0 atom stereocenters. The Morgan fingerprint density at radius 2 is 1.69 bits per heavy atom. The normalized spacial score (nSPS) is 13.2. The number of nitrogens with one attached hydrogen (secondary N) is 2. The van der Waals surface area contributed by atoms with Gasteiger partial charge in [-0.2, -0.15) is 0 Å². The van der Waals surface area contributed by atoms with Crippen LogP contribution in [0.2, 0.25) is 0 Å². The van der Waals surface area contributed by atoms with Gasteiger partial charge in [-0.25, -0.2) is 4.98 Å². The number of methoxy groups -OCH3 is 1. The van der Waals surface area contributed by atoms with Crippen LogP contribution in [-0.4, -0.2) is 31.1 Å². The van der Waals surface area contributed by atoms with Crippen LogP contribution in [0.4, 0.5) is 22.7 Å². The Hall–Kier alpha value is -3.54. The largest absolute Gasteiger partial charge is 0.495 e. The molecular weight excluding hydrogens is 364 g/mol. The number of rotatable bonds is 6. The molecule has 0 radical (unpaired) electrons. The minimum absolute atomic E-state index is 0.281. The molecule has 1 saturated heterocycles. The van der Waals surface area contributed by atoms with E-state index < -0.39 is 0 Å². The van der Waals surface area contributed by atoms with Gasteiger partial charge in [-0.1, -0.05) is 12.1 Å². The van der Waals surface area contributed by atoms with Crippen molar-refractivity contribution < 1.29 is 9.53 Å². The summed E-state index contributed by atoms with van der Waals surface area (Å²) in [5.74, 6) is 0.326. The van der Waals surface area contributed by atoms with Crippen molar-refractivity contribution in [3.63, 3.8) is 0 Å². The fraction of sp³-hybridized carbons (Fsp3) is 0.217. The van der Waals surface area contributed by atoms with Gasteiger partial charge < -0.3 is 20.3 Å². The number of aromatic nitrogens is 1. The molecule has 0 spiro atoms. The van der Waals surface area contributed by atoms with E-state index >= 15 is 0 Å². The lowest BCUT2D eigenvalue weighted by molar-refractivity contribution is 0.102. The molecule has 6 heteroatoms. The average molecular weight is 388 g/mol. The number of benzene rings is 2. The summed E-state index contributed by atoms with van der Waals surface area (Å²) in [7, 11) is 1.57. The zero-order valence-corrected chi connectivity index (χ0v) is 16.4. The summed E-state index contributed by atoms with van der Waals surface area (Å²) in [5.41, 5.74) is 4.02. The van der Waals surface area contributed by atoms with Crippen molar-refractivity contribution in [1.29, 1.82) is 0 Å². The molecule has 1 amide bonds. The molecule has 0 bridgehead atoms. The van der Waals surface area contributed by atoms with E-state index in [-0.39, 0.29) is 5.91 Å². The van der Waals surface area contributed by atoms with Gasteiger partial charge in [0.05, 0.1) is 24.7 Å². The van der Waals surface area contributed by atoms with E-state index in [1.165, 1.54) is 18.5 Å². The number of ether oxygens (including phenoxy) is 1. The zero-order valence-electron chi connectivity index (χ0n) is 16.4. The number of para-hydroxylation sites is 2. The van der Waals surface area contributed by atoms with Crippen molar-refractivity contribution in [2.45, 2.75) is 12.8 Å². The molecule has 1 aliphatic heterocycles. The second-order valence-corrected chi connectivity index (χ2v) is 6.95. The van der Waals surface area contributed by atoms with Crippen LogP contribution in [-0.2, 0) is 0 Å². The van der Waals surface area contributed by atoms with E-state index in [0.29, 0.717) is 17.1 Å². The number of anilines is 4. The molecule has 3 aromatic rings. The van der Waals surface area contributed by atoms with Gasteiger partial charge >= 0.3 is 0 Å². The predicted molar refractivity (Wildman–Crippen MR) is 116 cm³/mol. The molecule has 29 heavy (non-hydrogen) atoms. The number of carbonyl (C=O) groups excluding carboxylic acids is 1. The molecule has 2 aromatic carbocycles. The quantitative estimate of drug-likeness (QED) is 0.641. The highest BCUT2D eigenvalue weighted by molar-refractivity contribution is 6.03. The third kappa shape index (κ3) is 4.48. The van der Waals surface area contributed by atoms with Crippen molar-refractivity contribution in [3.05, 3.63) is 72.6 Å². The summed E-state index contributed by atoms with van der Waals surface area (Å²) in [6, 6.07) is 19.2.